The summed E-state index contributed by atoms with van der Waals surface area (Å²) in [7, 11) is 0. The van der Waals surface area contributed by atoms with Crippen LogP contribution >= 0.6 is 0 Å². The Bertz CT molecular complexity index is 983. The van der Waals surface area contributed by atoms with Gasteiger partial charge in [-0.1, -0.05) is 0 Å². The summed E-state index contributed by atoms with van der Waals surface area (Å²) in [6.45, 7) is 1.89. The van der Waals surface area contributed by atoms with Gasteiger partial charge < -0.3 is 9.73 Å². The molecule has 0 fully saturated rings. The van der Waals surface area contributed by atoms with Crippen LogP contribution in [0.25, 0.3) is 22.5 Å². The Morgan fingerprint density at radius 3 is 3.00 bits per heavy atom. The van der Waals surface area contributed by atoms with Gasteiger partial charge in [-0.2, -0.15) is 10.2 Å². The largest absolute Gasteiger partial charge is 0.463 e. The van der Waals surface area contributed by atoms with Crippen LogP contribution in [0.2, 0.25) is 0 Å². The highest BCUT2D eigenvalue weighted by Crippen LogP contribution is 2.20. The molecule has 0 spiro atoms. The third kappa shape index (κ3) is 2.35. The number of aromatic amines is 2. The second kappa shape index (κ2) is 5.09. The van der Waals surface area contributed by atoms with Crippen LogP contribution < -0.4 is 5.32 Å². The van der Waals surface area contributed by atoms with Crippen LogP contribution in [0.1, 0.15) is 16.2 Å². The molecule has 0 bridgehead atoms. The summed E-state index contributed by atoms with van der Waals surface area (Å²) in [5.74, 6) is 0.287. The van der Waals surface area contributed by atoms with Crippen molar-refractivity contribution in [2.24, 2.45) is 0 Å². The molecular formula is C15H12N6O2. The van der Waals surface area contributed by atoms with E-state index >= 15 is 0 Å². The Morgan fingerprint density at radius 1 is 1.26 bits per heavy atom. The molecule has 4 aromatic rings. The monoisotopic (exact) mass is 308 g/mol. The Morgan fingerprint density at radius 2 is 2.17 bits per heavy atom. The summed E-state index contributed by atoms with van der Waals surface area (Å²) in [5, 5.41) is 17.3. The first-order chi connectivity index (χ1) is 11.2. The van der Waals surface area contributed by atoms with Gasteiger partial charge in [-0.15, -0.1) is 0 Å². The second-order valence-electron chi connectivity index (χ2n) is 5.04. The van der Waals surface area contributed by atoms with Crippen molar-refractivity contribution in [3.63, 3.8) is 0 Å². The third-order valence-corrected chi connectivity index (χ3v) is 3.46. The van der Waals surface area contributed by atoms with Crippen molar-refractivity contribution in [1.82, 2.24) is 25.4 Å². The van der Waals surface area contributed by atoms with E-state index in [1.807, 2.05) is 13.0 Å². The molecule has 0 aliphatic heterocycles. The summed E-state index contributed by atoms with van der Waals surface area (Å²) in [6.07, 6.45) is 3.12. The van der Waals surface area contributed by atoms with E-state index < -0.39 is 0 Å². The second-order valence-corrected chi connectivity index (χ2v) is 5.04. The topological polar surface area (TPSA) is 112 Å². The lowest BCUT2D eigenvalue weighted by Crippen LogP contribution is -2.12. The number of nitrogens with zero attached hydrogens (tertiary/aromatic N) is 3. The molecule has 0 aliphatic rings. The standard InChI is InChI=1S/C15H12N6O2/c1-8-10-5-9(7-16-14(10)21-18-8)17-15(22)12-6-11(19-20-12)13-3-2-4-23-13/h2-7H,1H3,(H,17,22)(H,19,20)(H,16,18,21). The Kier molecular flexibility index (Phi) is 2.94. The molecule has 4 aromatic heterocycles. The summed E-state index contributed by atoms with van der Waals surface area (Å²) in [6, 6.07) is 7.00. The number of nitrogens with one attached hydrogen (secondary N) is 3. The summed E-state index contributed by atoms with van der Waals surface area (Å²) in [4.78, 5) is 16.5. The van der Waals surface area contributed by atoms with Crippen molar-refractivity contribution < 1.29 is 9.21 Å². The van der Waals surface area contributed by atoms with Crippen LogP contribution in [-0.2, 0) is 0 Å². The van der Waals surface area contributed by atoms with Gasteiger partial charge in [-0.25, -0.2) is 4.98 Å². The van der Waals surface area contributed by atoms with Gasteiger partial charge in [0.15, 0.2) is 17.1 Å². The summed E-state index contributed by atoms with van der Waals surface area (Å²) >= 11 is 0. The maximum atomic E-state index is 12.3. The van der Waals surface area contributed by atoms with E-state index in [4.69, 9.17) is 4.42 Å². The van der Waals surface area contributed by atoms with Crippen LogP contribution in [-0.4, -0.2) is 31.3 Å². The number of H-pyrrole nitrogens is 2. The molecule has 23 heavy (non-hydrogen) atoms. The number of aryl methyl sites for hydroxylation is 1. The number of carbonyl (C=O) groups is 1. The van der Waals surface area contributed by atoms with E-state index in [-0.39, 0.29) is 11.6 Å². The Hall–Kier alpha value is -3.42. The first-order valence-electron chi connectivity index (χ1n) is 6.92. The molecule has 0 saturated heterocycles. The van der Waals surface area contributed by atoms with Crippen LogP contribution in [0.3, 0.4) is 0 Å². The molecule has 0 saturated carbocycles. The number of anilines is 1. The van der Waals surface area contributed by atoms with Gasteiger partial charge in [0.25, 0.3) is 5.91 Å². The first kappa shape index (κ1) is 13.3. The van der Waals surface area contributed by atoms with Gasteiger partial charge in [0.2, 0.25) is 0 Å². The van der Waals surface area contributed by atoms with Crippen molar-refractivity contribution in [2.75, 3.05) is 5.32 Å². The van der Waals surface area contributed by atoms with E-state index in [2.05, 4.69) is 30.7 Å². The fourth-order valence-electron chi connectivity index (χ4n) is 2.28. The molecule has 0 aliphatic carbocycles. The Labute approximate surface area is 129 Å². The molecule has 114 valence electrons. The molecule has 8 heteroatoms. The molecule has 0 atom stereocenters. The highest BCUT2D eigenvalue weighted by atomic mass is 16.3. The van der Waals surface area contributed by atoms with Crippen molar-refractivity contribution in [1.29, 1.82) is 0 Å². The SMILES string of the molecule is Cc1[nH]nc2ncc(NC(=O)c3cc(-c4ccco4)[nH]n3)cc12. The molecule has 1 amide bonds. The highest BCUT2D eigenvalue weighted by molar-refractivity contribution is 6.04. The minimum absolute atomic E-state index is 0.264. The molecule has 3 N–H and O–H groups in total. The number of hydrogen-bond donors (Lipinski definition) is 3. The fourth-order valence-corrected chi connectivity index (χ4v) is 2.28. The molecule has 4 heterocycles. The number of hydrogen-bond acceptors (Lipinski definition) is 5. The number of carbonyl (C=O) groups excluding carboxylic acids is 1. The van der Waals surface area contributed by atoms with Crippen molar-refractivity contribution in [3.05, 3.63) is 48.1 Å². The maximum Gasteiger partial charge on any atom is 0.276 e. The highest BCUT2D eigenvalue weighted by Gasteiger charge is 2.14. The van der Waals surface area contributed by atoms with Crippen LogP contribution in [0.15, 0.2) is 41.1 Å². The zero-order valence-electron chi connectivity index (χ0n) is 12.1. The van der Waals surface area contributed by atoms with E-state index in [9.17, 15) is 4.79 Å². The minimum Gasteiger partial charge on any atom is -0.463 e. The summed E-state index contributed by atoms with van der Waals surface area (Å²) < 4.78 is 5.26. The number of furan rings is 1. The molecule has 0 radical (unpaired) electrons. The van der Waals surface area contributed by atoms with Gasteiger partial charge in [-0.05, 0) is 25.1 Å². The van der Waals surface area contributed by atoms with Gasteiger partial charge >= 0.3 is 0 Å². The zero-order chi connectivity index (χ0) is 15.8. The average Bonchev–Trinajstić information content (AvgIpc) is 3.27. The van der Waals surface area contributed by atoms with Crippen LogP contribution in [0.5, 0.6) is 0 Å². The maximum absolute atomic E-state index is 12.3. The number of pyridine rings is 1. The number of fused-ring (bicyclic) bond motifs is 1. The van der Waals surface area contributed by atoms with Crippen LogP contribution in [0.4, 0.5) is 5.69 Å². The Balaban J connectivity index is 1.58. The van der Waals surface area contributed by atoms with E-state index in [0.717, 1.165) is 11.1 Å². The van der Waals surface area contributed by atoms with Gasteiger partial charge in [0.05, 0.1) is 18.1 Å². The molecule has 0 unspecified atom stereocenters. The summed E-state index contributed by atoms with van der Waals surface area (Å²) in [5.41, 5.74) is 2.98. The van der Waals surface area contributed by atoms with Gasteiger partial charge in [-0.3, -0.25) is 15.0 Å². The number of amides is 1. The average molecular weight is 308 g/mol. The van der Waals surface area contributed by atoms with Crippen molar-refractivity contribution in [2.45, 2.75) is 6.92 Å². The predicted molar refractivity (Wildman–Crippen MR) is 82.9 cm³/mol. The third-order valence-electron chi connectivity index (χ3n) is 3.46. The smallest absolute Gasteiger partial charge is 0.276 e. The van der Waals surface area contributed by atoms with Crippen molar-refractivity contribution in [3.8, 4) is 11.5 Å². The van der Waals surface area contributed by atoms with Crippen LogP contribution in [0, 0.1) is 6.92 Å². The van der Waals surface area contributed by atoms with E-state index in [1.54, 1.807) is 30.7 Å². The zero-order valence-corrected chi connectivity index (χ0v) is 12.1. The fraction of sp³-hybridized carbons (Fsp3) is 0.0667. The van der Waals surface area contributed by atoms with Gasteiger partial charge in [0, 0.05) is 17.1 Å². The molecular weight excluding hydrogens is 296 g/mol. The predicted octanol–water partition coefficient (Wildman–Crippen LogP) is 2.50. The normalized spacial score (nSPS) is 11.0. The van der Waals surface area contributed by atoms with E-state index in [0.29, 0.717) is 22.8 Å². The first-order valence-corrected chi connectivity index (χ1v) is 6.92. The van der Waals surface area contributed by atoms with E-state index in [1.165, 1.54) is 0 Å². The lowest BCUT2D eigenvalue weighted by Gasteiger charge is -2.02. The number of aromatic nitrogens is 5. The molecule has 0 aromatic carbocycles. The lowest BCUT2D eigenvalue weighted by molar-refractivity contribution is 0.102. The quantitative estimate of drug-likeness (QED) is 0.538. The van der Waals surface area contributed by atoms with Gasteiger partial charge in [0.1, 0.15) is 5.69 Å². The minimum atomic E-state index is -0.332. The lowest BCUT2D eigenvalue weighted by atomic mass is 10.2. The number of rotatable bonds is 3. The molecule has 4 rings (SSSR count). The molecule has 8 nitrogen and oxygen atoms in total. The van der Waals surface area contributed by atoms with Crippen molar-refractivity contribution >= 4 is 22.6 Å².